The van der Waals surface area contributed by atoms with Crippen LogP contribution in [0.2, 0.25) is 0 Å². The molecule has 184 valence electrons. The third kappa shape index (κ3) is 6.18. The summed E-state index contributed by atoms with van der Waals surface area (Å²) in [6.07, 6.45) is 1.79. The number of aromatic nitrogens is 2. The predicted octanol–water partition coefficient (Wildman–Crippen LogP) is 4.93. The number of aryl methyl sites for hydroxylation is 2. The lowest BCUT2D eigenvalue weighted by molar-refractivity contribution is -0.130. The normalized spacial score (nSPS) is 10.7. The number of benzene rings is 3. The highest BCUT2D eigenvalue weighted by atomic mass is 16.5. The molecule has 1 aromatic heterocycles. The summed E-state index contributed by atoms with van der Waals surface area (Å²) in [5.41, 5.74) is 6.05. The van der Waals surface area contributed by atoms with Crippen LogP contribution in [-0.4, -0.2) is 47.2 Å². The number of ether oxygens (including phenoxy) is 1. The number of anilines is 1. The molecule has 0 unspecified atom stereocenters. The number of likely N-dealkylation sites (N-methyl/N-ethyl adjacent to an activating group) is 1. The first-order valence-corrected chi connectivity index (χ1v) is 11.7. The topological polar surface area (TPSA) is 76.5 Å². The molecule has 0 saturated carbocycles. The molecule has 0 atom stereocenters. The van der Waals surface area contributed by atoms with Crippen LogP contribution in [0, 0.1) is 13.8 Å². The van der Waals surface area contributed by atoms with E-state index < -0.39 is 0 Å². The monoisotopic (exact) mass is 482 g/mol. The van der Waals surface area contributed by atoms with Gasteiger partial charge in [0, 0.05) is 31.5 Å². The highest BCUT2D eigenvalue weighted by Gasteiger charge is 2.19. The summed E-state index contributed by atoms with van der Waals surface area (Å²) in [7, 11) is 3.36. The van der Waals surface area contributed by atoms with E-state index in [0.717, 1.165) is 16.7 Å². The predicted molar refractivity (Wildman–Crippen MR) is 141 cm³/mol. The van der Waals surface area contributed by atoms with E-state index in [9.17, 15) is 9.59 Å². The molecule has 7 nitrogen and oxygen atoms in total. The van der Waals surface area contributed by atoms with Crippen LogP contribution in [0.15, 0.2) is 79.0 Å². The lowest BCUT2D eigenvalue weighted by atomic mass is 10.1. The molecule has 1 heterocycles. The van der Waals surface area contributed by atoms with E-state index in [-0.39, 0.29) is 18.4 Å². The van der Waals surface area contributed by atoms with Crippen LogP contribution >= 0.6 is 0 Å². The maximum absolute atomic E-state index is 13.3. The van der Waals surface area contributed by atoms with Gasteiger partial charge in [0.2, 0.25) is 0 Å². The zero-order valence-corrected chi connectivity index (χ0v) is 21.0. The van der Waals surface area contributed by atoms with E-state index in [1.165, 1.54) is 10.5 Å². The SMILES string of the molecule is Cc1ccc(Cn2cc(C(=O)Nc3ccc(OCC(=O)N(C)C)cc3)c(-c3ccc(C)cc3)n2)cc1. The van der Waals surface area contributed by atoms with Crippen molar-refractivity contribution in [2.24, 2.45) is 0 Å². The standard InChI is InChI=1S/C29H30N4O3/c1-20-5-9-22(10-6-20)17-33-18-26(28(31-33)23-11-7-21(2)8-12-23)29(35)30-24-13-15-25(16-14-24)36-19-27(34)32(3)4/h5-16,18H,17,19H2,1-4H3,(H,30,35). The van der Waals surface area contributed by atoms with Crippen molar-refractivity contribution in [3.8, 4) is 17.0 Å². The fourth-order valence-electron chi connectivity index (χ4n) is 3.58. The average Bonchev–Trinajstić information content (AvgIpc) is 3.29. The van der Waals surface area contributed by atoms with Crippen molar-refractivity contribution in [1.29, 1.82) is 0 Å². The summed E-state index contributed by atoms with van der Waals surface area (Å²) in [5.74, 6) is 0.172. The number of nitrogens with zero attached hydrogens (tertiary/aromatic N) is 3. The molecular formula is C29H30N4O3. The Balaban J connectivity index is 1.54. The summed E-state index contributed by atoms with van der Waals surface area (Å²) >= 11 is 0. The van der Waals surface area contributed by atoms with Gasteiger partial charge < -0.3 is 15.0 Å². The molecule has 3 aromatic carbocycles. The van der Waals surface area contributed by atoms with E-state index in [1.54, 1.807) is 49.2 Å². The Hall–Kier alpha value is -4.39. The van der Waals surface area contributed by atoms with Crippen LogP contribution in [0.5, 0.6) is 5.75 Å². The van der Waals surface area contributed by atoms with Gasteiger partial charge in [-0.1, -0.05) is 59.7 Å². The summed E-state index contributed by atoms with van der Waals surface area (Å²) in [6, 6.07) is 23.2. The minimum atomic E-state index is -0.253. The third-order valence-electron chi connectivity index (χ3n) is 5.77. The molecule has 0 aliphatic rings. The van der Waals surface area contributed by atoms with Gasteiger partial charge in [0.25, 0.3) is 11.8 Å². The molecule has 1 N–H and O–H groups in total. The van der Waals surface area contributed by atoms with Crippen LogP contribution in [0.25, 0.3) is 11.3 Å². The number of hydrogen-bond donors (Lipinski definition) is 1. The van der Waals surface area contributed by atoms with Gasteiger partial charge in [-0.25, -0.2) is 0 Å². The van der Waals surface area contributed by atoms with Crippen molar-refractivity contribution in [3.63, 3.8) is 0 Å². The fraction of sp³-hybridized carbons (Fsp3) is 0.207. The van der Waals surface area contributed by atoms with E-state index in [1.807, 2.05) is 31.2 Å². The summed E-state index contributed by atoms with van der Waals surface area (Å²) in [6.45, 7) is 4.59. The Morgan fingerprint density at radius 3 is 2.11 bits per heavy atom. The highest BCUT2D eigenvalue weighted by molar-refractivity contribution is 6.08. The summed E-state index contributed by atoms with van der Waals surface area (Å²) in [4.78, 5) is 26.5. The molecule has 7 heteroatoms. The summed E-state index contributed by atoms with van der Waals surface area (Å²) in [5, 5.41) is 7.71. The smallest absolute Gasteiger partial charge is 0.259 e. The van der Waals surface area contributed by atoms with Gasteiger partial charge in [-0.05, 0) is 43.7 Å². The second-order valence-electron chi connectivity index (χ2n) is 9.00. The van der Waals surface area contributed by atoms with Gasteiger partial charge in [0.05, 0.1) is 12.1 Å². The quantitative estimate of drug-likeness (QED) is 0.386. The minimum Gasteiger partial charge on any atom is -0.484 e. The Morgan fingerprint density at radius 2 is 1.50 bits per heavy atom. The van der Waals surface area contributed by atoms with Crippen molar-refractivity contribution in [3.05, 3.63) is 101 Å². The summed E-state index contributed by atoms with van der Waals surface area (Å²) < 4.78 is 7.31. The molecule has 4 rings (SSSR count). The molecule has 0 aliphatic carbocycles. The Kier molecular flexibility index (Phi) is 7.49. The van der Waals surface area contributed by atoms with E-state index in [0.29, 0.717) is 29.2 Å². The van der Waals surface area contributed by atoms with Gasteiger partial charge in [-0.3, -0.25) is 14.3 Å². The minimum absolute atomic E-state index is 0.0429. The zero-order chi connectivity index (χ0) is 25.7. The van der Waals surface area contributed by atoms with Crippen LogP contribution in [-0.2, 0) is 11.3 Å². The molecule has 0 radical (unpaired) electrons. The van der Waals surface area contributed by atoms with Crippen LogP contribution in [0.1, 0.15) is 27.0 Å². The molecule has 0 aliphatic heterocycles. The molecule has 0 bridgehead atoms. The first-order chi connectivity index (χ1) is 17.3. The van der Waals surface area contributed by atoms with Gasteiger partial charge >= 0.3 is 0 Å². The fourth-order valence-corrected chi connectivity index (χ4v) is 3.58. The van der Waals surface area contributed by atoms with Crippen molar-refractivity contribution in [1.82, 2.24) is 14.7 Å². The van der Waals surface area contributed by atoms with Gasteiger partial charge in [0.1, 0.15) is 11.4 Å². The maximum atomic E-state index is 13.3. The molecule has 0 saturated heterocycles. The first-order valence-electron chi connectivity index (χ1n) is 11.7. The van der Waals surface area contributed by atoms with Gasteiger partial charge in [-0.2, -0.15) is 5.10 Å². The van der Waals surface area contributed by atoms with Crippen LogP contribution in [0.3, 0.4) is 0 Å². The van der Waals surface area contributed by atoms with Crippen molar-refractivity contribution >= 4 is 17.5 Å². The van der Waals surface area contributed by atoms with Crippen LogP contribution < -0.4 is 10.1 Å². The van der Waals surface area contributed by atoms with Gasteiger partial charge in [-0.15, -0.1) is 0 Å². The number of carbonyl (C=O) groups is 2. The van der Waals surface area contributed by atoms with Gasteiger partial charge in [0.15, 0.2) is 6.61 Å². The van der Waals surface area contributed by atoms with E-state index in [4.69, 9.17) is 9.84 Å². The number of carbonyl (C=O) groups excluding carboxylic acids is 2. The molecule has 4 aromatic rings. The molecule has 0 fully saturated rings. The second-order valence-corrected chi connectivity index (χ2v) is 9.00. The second kappa shape index (κ2) is 10.9. The molecular weight excluding hydrogens is 452 g/mol. The van der Waals surface area contributed by atoms with Crippen molar-refractivity contribution < 1.29 is 14.3 Å². The number of hydrogen-bond acceptors (Lipinski definition) is 4. The molecule has 2 amide bonds. The Bertz CT molecular complexity index is 1340. The molecule has 0 spiro atoms. The number of rotatable bonds is 8. The Labute approximate surface area is 211 Å². The lowest BCUT2D eigenvalue weighted by Crippen LogP contribution is -2.27. The maximum Gasteiger partial charge on any atom is 0.259 e. The zero-order valence-electron chi connectivity index (χ0n) is 21.0. The lowest BCUT2D eigenvalue weighted by Gasteiger charge is -2.11. The highest BCUT2D eigenvalue weighted by Crippen LogP contribution is 2.25. The molecule has 36 heavy (non-hydrogen) atoms. The number of nitrogens with one attached hydrogen (secondary N) is 1. The Morgan fingerprint density at radius 1 is 0.889 bits per heavy atom. The third-order valence-corrected chi connectivity index (χ3v) is 5.77. The van der Waals surface area contributed by atoms with Crippen molar-refractivity contribution in [2.75, 3.05) is 26.0 Å². The average molecular weight is 483 g/mol. The first kappa shape index (κ1) is 24.7. The van der Waals surface area contributed by atoms with E-state index >= 15 is 0 Å². The van der Waals surface area contributed by atoms with E-state index in [2.05, 4.69) is 36.5 Å². The largest absolute Gasteiger partial charge is 0.484 e. The van der Waals surface area contributed by atoms with Crippen LogP contribution in [0.4, 0.5) is 5.69 Å². The number of amides is 2. The van der Waals surface area contributed by atoms with Crippen molar-refractivity contribution in [2.45, 2.75) is 20.4 Å².